The molecule has 8 nitrogen and oxygen atoms in total. The van der Waals surface area contributed by atoms with Crippen molar-refractivity contribution < 1.29 is 9.53 Å². The van der Waals surface area contributed by atoms with Gasteiger partial charge in [-0.3, -0.25) is 4.79 Å². The first kappa shape index (κ1) is 19.0. The van der Waals surface area contributed by atoms with Crippen molar-refractivity contribution in [2.24, 2.45) is 0 Å². The molecule has 5 rings (SSSR count). The van der Waals surface area contributed by atoms with E-state index < -0.39 is 6.04 Å². The van der Waals surface area contributed by atoms with Crippen LogP contribution in [0.5, 0.6) is 5.75 Å². The van der Waals surface area contributed by atoms with Gasteiger partial charge in [0.05, 0.1) is 19.0 Å². The zero-order valence-corrected chi connectivity index (χ0v) is 17.3. The zero-order valence-electron chi connectivity index (χ0n) is 17.3. The lowest BCUT2D eigenvalue weighted by molar-refractivity contribution is -0.119. The maximum Gasteiger partial charge on any atom is 0.249 e. The Balaban J connectivity index is 1.43. The second-order valence-corrected chi connectivity index (χ2v) is 7.52. The maximum absolute atomic E-state index is 12.8. The molecule has 8 heteroatoms. The number of ether oxygens (including phenoxy) is 1. The van der Waals surface area contributed by atoms with Gasteiger partial charge in [0.25, 0.3) is 0 Å². The Morgan fingerprint density at radius 3 is 2.87 bits per heavy atom. The number of nitrogens with zero attached hydrogens (tertiary/aromatic N) is 5. The molecule has 3 heterocycles. The molecule has 0 bridgehead atoms. The fourth-order valence-electron chi connectivity index (χ4n) is 3.98. The van der Waals surface area contributed by atoms with E-state index >= 15 is 0 Å². The number of methoxy groups -OCH3 is 1. The van der Waals surface area contributed by atoms with Crippen LogP contribution >= 0.6 is 0 Å². The number of amides is 1. The number of para-hydroxylation sites is 1. The van der Waals surface area contributed by atoms with Crippen LogP contribution in [-0.4, -0.2) is 37.6 Å². The predicted octanol–water partition coefficient (Wildman–Crippen LogP) is 3.57. The van der Waals surface area contributed by atoms with E-state index in [9.17, 15) is 4.79 Å². The van der Waals surface area contributed by atoms with Gasteiger partial charge in [-0.1, -0.05) is 29.5 Å². The average Bonchev–Trinajstić information content (AvgIpc) is 3.40. The largest absolute Gasteiger partial charge is 0.495 e. The molecular formula is C23H22N6O2. The molecule has 4 aromatic rings. The molecule has 0 radical (unpaired) electrons. The molecule has 0 saturated heterocycles. The van der Waals surface area contributed by atoms with Crippen LogP contribution in [-0.2, 0) is 11.2 Å². The summed E-state index contributed by atoms with van der Waals surface area (Å²) in [5.41, 5.74) is 4.44. The van der Waals surface area contributed by atoms with Crippen LogP contribution in [0.25, 0.3) is 16.9 Å². The van der Waals surface area contributed by atoms with E-state index in [4.69, 9.17) is 4.74 Å². The number of anilines is 1. The molecular weight excluding hydrogens is 392 g/mol. The highest BCUT2D eigenvalue weighted by molar-refractivity contribution is 5.95. The number of hydrogen-bond donors (Lipinski definition) is 1. The van der Waals surface area contributed by atoms with Gasteiger partial charge in [0.15, 0.2) is 0 Å². The molecule has 2 aromatic carbocycles. The number of imidazole rings is 1. The van der Waals surface area contributed by atoms with Crippen molar-refractivity contribution in [1.29, 1.82) is 0 Å². The van der Waals surface area contributed by atoms with Gasteiger partial charge in [0.1, 0.15) is 23.3 Å². The molecule has 1 aliphatic heterocycles. The van der Waals surface area contributed by atoms with Crippen molar-refractivity contribution in [3.05, 3.63) is 72.4 Å². The van der Waals surface area contributed by atoms with Gasteiger partial charge in [0.2, 0.25) is 5.91 Å². The summed E-state index contributed by atoms with van der Waals surface area (Å²) >= 11 is 0. The minimum Gasteiger partial charge on any atom is -0.495 e. The molecule has 31 heavy (non-hydrogen) atoms. The fourth-order valence-corrected chi connectivity index (χ4v) is 3.98. The van der Waals surface area contributed by atoms with Crippen molar-refractivity contribution in [3.8, 4) is 22.7 Å². The monoisotopic (exact) mass is 414 g/mol. The van der Waals surface area contributed by atoms with Crippen LogP contribution in [0.2, 0.25) is 0 Å². The van der Waals surface area contributed by atoms with Gasteiger partial charge in [-0.2, -0.15) is 0 Å². The molecule has 156 valence electrons. The molecule has 0 spiro atoms. The van der Waals surface area contributed by atoms with E-state index in [0.29, 0.717) is 17.9 Å². The third-order valence-electron chi connectivity index (χ3n) is 5.66. The van der Waals surface area contributed by atoms with Crippen LogP contribution in [0.4, 0.5) is 5.69 Å². The normalized spacial score (nSPS) is 15.8. The summed E-state index contributed by atoms with van der Waals surface area (Å²) in [5, 5.41) is 11.6. The first-order valence-electron chi connectivity index (χ1n) is 10.1. The third kappa shape index (κ3) is 3.46. The Hall–Kier alpha value is -3.94. The summed E-state index contributed by atoms with van der Waals surface area (Å²) in [6, 6.07) is 13.3. The van der Waals surface area contributed by atoms with E-state index in [1.165, 1.54) is 0 Å². The van der Waals surface area contributed by atoms with E-state index in [2.05, 4.69) is 20.6 Å². The predicted molar refractivity (Wildman–Crippen MR) is 116 cm³/mol. The summed E-state index contributed by atoms with van der Waals surface area (Å²) in [4.78, 5) is 17.1. The molecule has 1 amide bonds. The van der Waals surface area contributed by atoms with Crippen molar-refractivity contribution in [2.45, 2.75) is 25.8 Å². The quantitative estimate of drug-likeness (QED) is 0.552. The maximum atomic E-state index is 12.8. The number of carbonyl (C=O) groups excluding carboxylic acids is 1. The van der Waals surface area contributed by atoms with Crippen LogP contribution < -0.4 is 10.1 Å². The number of benzene rings is 2. The first-order chi connectivity index (χ1) is 15.1. The number of nitrogens with one attached hydrogen (secondary N) is 1. The summed E-state index contributed by atoms with van der Waals surface area (Å²) in [6.45, 7) is 1.94. The highest BCUT2D eigenvalue weighted by atomic mass is 16.5. The van der Waals surface area contributed by atoms with Crippen LogP contribution in [0, 0.1) is 6.92 Å². The highest BCUT2D eigenvalue weighted by Gasteiger charge is 2.26. The number of carbonyl (C=O) groups is 1. The second kappa shape index (κ2) is 7.71. The lowest BCUT2D eigenvalue weighted by atomic mass is 10.1. The summed E-state index contributed by atoms with van der Waals surface area (Å²) < 4.78 is 9.23. The summed E-state index contributed by atoms with van der Waals surface area (Å²) in [6.07, 6.45) is 6.92. The molecule has 2 aromatic heterocycles. The van der Waals surface area contributed by atoms with Gasteiger partial charge < -0.3 is 14.6 Å². The Morgan fingerprint density at radius 1 is 1.19 bits per heavy atom. The van der Waals surface area contributed by atoms with E-state index in [0.717, 1.165) is 34.7 Å². The topological polar surface area (TPSA) is 86.9 Å². The summed E-state index contributed by atoms with van der Waals surface area (Å²) in [7, 11) is 1.64. The molecule has 0 saturated carbocycles. The Labute approximate surface area is 179 Å². The lowest BCUT2D eigenvalue weighted by Gasteiger charge is -2.13. The SMILES string of the molecule is COc1cc(-c2cn(C3CCc4ccccc4NC3=O)nn2)ccc1-n1ccnc1C. The van der Waals surface area contributed by atoms with Crippen LogP contribution in [0.3, 0.4) is 0 Å². The van der Waals surface area contributed by atoms with E-state index in [1.807, 2.05) is 66.3 Å². The number of hydrogen-bond acceptors (Lipinski definition) is 5. The van der Waals surface area contributed by atoms with Gasteiger partial charge in [-0.05, 0) is 43.5 Å². The van der Waals surface area contributed by atoms with Crippen molar-refractivity contribution in [3.63, 3.8) is 0 Å². The molecule has 0 fully saturated rings. The highest BCUT2D eigenvalue weighted by Crippen LogP contribution is 2.31. The van der Waals surface area contributed by atoms with Gasteiger partial charge in [0, 0.05) is 23.6 Å². The van der Waals surface area contributed by atoms with Crippen molar-refractivity contribution in [2.75, 3.05) is 12.4 Å². The summed E-state index contributed by atoms with van der Waals surface area (Å²) in [5.74, 6) is 1.50. The number of aromatic nitrogens is 5. The smallest absolute Gasteiger partial charge is 0.249 e. The number of fused-ring (bicyclic) bond motifs is 1. The van der Waals surface area contributed by atoms with Crippen LogP contribution in [0.1, 0.15) is 23.9 Å². The molecule has 1 aliphatic rings. The third-order valence-corrected chi connectivity index (χ3v) is 5.66. The lowest BCUT2D eigenvalue weighted by Crippen LogP contribution is -2.25. The van der Waals surface area contributed by atoms with Crippen LogP contribution in [0.15, 0.2) is 61.1 Å². The first-order valence-corrected chi connectivity index (χ1v) is 10.1. The Morgan fingerprint density at radius 2 is 2.06 bits per heavy atom. The fraction of sp³-hybridized carbons (Fsp3) is 0.217. The zero-order chi connectivity index (χ0) is 21.4. The van der Waals surface area contributed by atoms with E-state index in [-0.39, 0.29) is 5.91 Å². The van der Waals surface area contributed by atoms with Gasteiger partial charge in [-0.25, -0.2) is 9.67 Å². The van der Waals surface area contributed by atoms with Gasteiger partial charge in [-0.15, -0.1) is 5.10 Å². The minimum absolute atomic E-state index is 0.0788. The Kier molecular flexibility index (Phi) is 4.74. The number of rotatable bonds is 4. The average molecular weight is 414 g/mol. The minimum atomic E-state index is -0.414. The number of aryl methyl sites for hydroxylation is 2. The Bertz CT molecular complexity index is 1260. The van der Waals surface area contributed by atoms with E-state index in [1.54, 1.807) is 18.0 Å². The van der Waals surface area contributed by atoms with Crippen molar-refractivity contribution in [1.82, 2.24) is 24.5 Å². The molecule has 1 N–H and O–H groups in total. The molecule has 1 unspecified atom stereocenters. The molecule has 1 atom stereocenters. The molecule has 0 aliphatic carbocycles. The second-order valence-electron chi connectivity index (χ2n) is 7.52. The van der Waals surface area contributed by atoms with Gasteiger partial charge >= 0.3 is 0 Å². The standard InChI is InChI=1S/C23H22N6O2/c1-15-24-11-12-28(15)20-9-8-17(13-22(20)31-2)19-14-29(27-26-19)21-10-7-16-5-3-4-6-18(16)25-23(21)30/h3-6,8-9,11-14,21H,7,10H2,1-2H3,(H,25,30). The van der Waals surface area contributed by atoms with Crippen molar-refractivity contribution >= 4 is 11.6 Å².